The van der Waals surface area contributed by atoms with Crippen molar-refractivity contribution in [1.29, 1.82) is 0 Å². The van der Waals surface area contributed by atoms with Crippen LogP contribution in [0.4, 0.5) is 0 Å². The number of ether oxygens (including phenoxy) is 3. The Morgan fingerprint density at radius 1 is 1.35 bits per heavy atom. The SMILES string of the molecule is COC(=O)[C@H]1OCCC/C=C\[C@H]1OCc1ccccc1. The van der Waals surface area contributed by atoms with Crippen LogP contribution in [0, 0.1) is 0 Å². The summed E-state index contributed by atoms with van der Waals surface area (Å²) in [6.07, 6.45) is 4.65. The van der Waals surface area contributed by atoms with E-state index in [1.54, 1.807) is 0 Å². The van der Waals surface area contributed by atoms with Crippen molar-refractivity contribution in [3.8, 4) is 0 Å². The Balaban J connectivity index is 2.03. The van der Waals surface area contributed by atoms with Crippen molar-refractivity contribution in [2.45, 2.75) is 31.7 Å². The minimum atomic E-state index is -0.694. The van der Waals surface area contributed by atoms with Crippen molar-refractivity contribution in [3.63, 3.8) is 0 Å². The highest BCUT2D eigenvalue weighted by Gasteiger charge is 2.29. The van der Waals surface area contributed by atoms with E-state index in [4.69, 9.17) is 14.2 Å². The Hall–Kier alpha value is -1.65. The van der Waals surface area contributed by atoms with Crippen molar-refractivity contribution in [3.05, 3.63) is 48.0 Å². The van der Waals surface area contributed by atoms with Crippen LogP contribution in [-0.2, 0) is 25.6 Å². The Morgan fingerprint density at radius 3 is 2.90 bits per heavy atom. The number of carbonyl (C=O) groups is 1. The average Bonchev–Trinajstić information content (AvgIpc) is 2.47. The molecule has 0 amide bonds. The normalized spacial score (nSPS) is 24.4. The molecule has 0 radical (unpaired) electrons. The van der Waals surface area contributed by atoms with E-state index in [-0.39, 0.29) is 0 Å². The minimum absolute atomic E-state index is 0.394. The smallest absolute Gasteiger partial charge is 0.338 e. The van der Waals surface area contributed by atoms with E-state index >= 15 is 0 Å². The molecule has 0 aromatic heterocycles. The van der Waals surface area contributed by atoms with Gasteiger partial charge in [0.2, 0.25) is 0 Å². The molecule has 4 nitrogen and oxygen atoms in total. The number of allylic oxidation sites excluding steroid dienone is 1. The molecule has 2 atom stereocenters. The van der Waals surface area contributed by atoms with Gasteiger partial charge in [-0.2, -0.15) is 0 Å². The van der Waals surface area contributed by atoms with Gasteiger partial charge in [-0.1, -0.05) is 42.5 Å². The number of carbonyl (C=O) groups excluding carboxylic acids is 1. The van der Waals surface area contributed by atoms with Crippen LogP contribution < -0.4 is 0 Å². The first-order valence-electron chi connectivity index (χ1n) is 6.83. The zero-order valence-electron chi connectivity index (χ0n) is 11.7. The Kier molecular flexibility index (Phi) is 5.77. The summed E-state index contributed by atoms with van der Waals surface area (Å²) in [6.45, 7) is 0.974. The molecule has 1 aliphatic rings. The van der Waals surface area contributed by atoms with E-state index in [0.29, 0.717) is 13.2 Å². The number of esters is 1. The molecular formula is C16H20O4. The molecule has 0 spiro atoms. The monoisotopic (exact) mass is 276 g/mol. The third-order valence-corrected chi connectivity index (χ3v) is 3.16. The van der Waals surface area contributed by atoms with Crippen LogP contribution >= 0.6 is 0 Å². The fourth-order valence-corrected chi connectivity index (χ4v) is 2.07. The quantitative estimate of drug-likeness (QED) is 0.626. The molecule has 0 fully saturated rings. The zero-order chi connectivity index (χ0) is 14.2. The highest BCUT2D eigenvalue weighted by Crippen LogP contribution is 2.15. The van der Waals surface area contributed by atoms with Crippen LogP contribution in [0.15, 0.2) is 42.5 Å². The van der Waals surface area contributed by atoms with E-state index in [1.807, 2.05) is 42.5 Å². The summed E-state index contributed by atoms with van der Waals surface area (Å²) < 4.78 is 16.2. The molecule has 2 rings (SSSR count). The average molecular weight is 276 g/mol. The third kappa shape index (κ3) is 4.18. The molecule has 1 aromatic carbocycles. The second kappa shape index (κ2) is 7.82. The highest BCUT2D eigenvalue weighted by molar-refractivity contribution is 5.75. The van der Waals surface area contributed by atoms with Gasteiger partial charge in [0.15, 0.2) is 6.10 Å². The number of hydrogen-bond acceptors (Lipinski definition) is 4. The number of hydrogen-bond donors (Lipinski definition) is 0. The van der Waals surface area contributed by atoms with Crippen molar-refractivity contribution in [2.75, 3.05) is 13.7 Å². The lowest BCUT2D eigenvalue weighted by molar-refractivity contribution is -0.163. The topological polar surface area (TPSA) is 44.8 Å². The zero-order valence-corrected chi connectivity index (χ0v) is 11.7. The number of methoxy groups -OCH3 is 1. The number of benzene rings is 1. The summed E-state index contributed by atoms with van der Waals surface area (Å²) >= 11 is 0. The maximum atomic E-state index is 11.8. The molecule has 1 heterocycles. The molecule has 0 aliphatic carbocycles. The largest absolute Gasteiger partial charge is 0.467 e. The maximum Gasteiger partial charge on any atom is 0.338 e. The van der Waals surface area contributed by atoms with Crippen LogP contribution in [-0.4, -0.2) is 31.9 Å². The van der Waals surface area contributed by atoms with Crippen molar-refractivity contribution < 1.29 is 19.0 Å². The summed E-state index contributed by atoms with van der Waals surface area (Å²) in [5, 5.41) is 0. The van der Waals surface area contributed by atoms with Crippen LogP contribution in [0.5, 0.6) is 0 Å². The standard InChI is InChI=1S/C16H20O4/c1-18-16(17)15-14(10-6-3-7-11-19-15)20-12-13-8-4-2-5-9-13/h2,4-6,8-10,14-15H,3,7,11-12H2,1H3/b10-6-/t14-,15+/m1/s1. The second-order valence-electron chi connectivity index (χ2n) is 4.65. The molecule has 0 saturated heterocycles. The molecule has 1 aromatic rings. The molecule has 1 aliphatic heterocycles. The Morgan fingerprint density at radius 2 is 2.15 bits per heavy atom. The fourth-order valence-electron chi connectivity index (χ4n) is 2.07. The first kappa shape index (κ1) is 14.8. The molecule has 4 heteroatoms. The van der Waals surface area contributed by atoms with E-state index in [9.17, 15) is 4.79 Å². The van der Waals surface area contributed by atoms with Crippen LogP contribution in [0.25, 0.3) is 0 Å². The summed E-state index contributed by atoms with van der Waals surface area (Å²) in [4.78, 5) is 11.8. The van der Waals surface area contributed by atoms with Gasteiger partial charge in [0.1, 0.15) is 6.10 Å². The van der Waals surface area contributed by atoms with Crippen molar-refractivity contribution in [1.82, 2.24) is 0 Å². The van der Waals surface area contributed by atoms with Gasteiger partial charge in [-0.05, 0) is 18.4 Å². The highest BCUT2D eigenvalue weighted by atomic mass is 16.6. The molecule has 20 heavy (non-hydrogen) atoms. The molecule has 0 unspecified atom stereocenters. The van der Waals surface area contributed by atoms with E-state index in [1.165, 1.54) is 7.11 Å². The first-order valence-corrected chi connectivity index (χ1v) is 6.83. The van der Waals surface area contributed by atoms with Gasteiger partial charge in [0.05, 0.1) is 13.7 Å². The van der Waals surface area contributed by atoms with Crippen molar-refractivity contribution in [2.24, 2.45) is 0 Å². The summed E-state index contributed by atoms with van der Waals surface area (Å²) in [5.74, 6) is -0.394. The molecule has 0 N–H and O–H groups in total. The van der Waals surface area contributed by atoms with Gasteiger partial charge in [0.25, 0.3) is 0 Å². The van der Waals surface area contributed by atoms with E-state index in [0.717, 1.165) is 18.4 Å². The molecular weight excluding hydrogens is 256 g/mol. The van der Waals surface area contributed by atoms with Crippen LogP contribution in [0.2, 0.25) is 0 Å². The predicted molar refractivity (Wildman–Crippen MR) is 75.1 cm³/mol. The van der Waals surface area contributed by atoms with E-state index in [2.05, 4.69) is 0 Å². The van der Waals surface area contributed by atoms with Crippen LogP contribution in [0.1, 0.15) is 18.4 Å². The van der Waals surface area contributed by atoms with Crippen LogP contribution in [0.3, 0.4) is 0 Å². The maximum absolute atomic E-state index is 11.8. The third-order valence-electron chi connectivity index (χ3n) is 3.16. The lowest BCUT2D eigenvalue weighted by Crippen LogP contribution is -2.39. The van der Waals surface area contributed by atoms with E-state index < -0.39 is 18.2 Å². The Labute approximate surface area is 119 Å². The number of rotatable bonds is 4. The fraction of sp³-hybridized carbons (Fsp3) is 0.438. The summed E-state index contributed by atoms with van der Waals surface area (Å²) in [5.41, 5.74) is 1.06. The van der Waals surface area contributed by atoms with Crippen molar-refractivity contribution >= 4 is 5.97 Å². The minimum Gasteiger partial charge on any atom is -0.467 e. The van der Waals surface area contributed by atoms with Gasteiger partial charge in [-0.3, -0.25) is 0 Å². The predicted octanol–water partition coefficient (Wildman–Crippen LogP) is 2.48. The first-order chi connectivity index (χ1) is 9.81. The lowest BCUT2D eigenvalue weighted by atomic mass is 10.1. The Bertz CT molecular complexity index is 441. The summed E-state index contributed by atoms with van der Waals surface area (Å²) in [6, 6.07) is 9.85. The van der Waals surface area contributed by atoms with Gasteiger partial charge < -0.3 is 14.2 Å². The molecule has 0 saturated carbocycles. The molecule has 0 bridgehead atoms. The summed E-state index contributed by atoms with van der Waals surface area (Å²) in [7, 11) is 1.36. The van der Waals surface area contributed by atoms with Gasteiger partial charge in [-0.15, -0.1) is 0 Å². The van der Waals surface area contributed by atoms with Gasteiger partial charge in [0, 0.05) is 6.61 Å². The lowest BCUT2D eigenvalue weighted by Gasteiger charge is -2.24. The molecule has 108 valence electrons. The van der Waals surface area contributed by atoms with Gasteiger partial charge >= 0.3 is 5.97 Å². The van der Waals surface area contributed by atoms with Gasteiger partial charge in [-0.25, -0.2) is 4.79 Å². The second-order valence-corrected chi connectivity index (χ2v) is 4.65.